The first-order valence-corrected chi connectivity index (χ1v) is 6.94. The second kappa shape index (κ2) is 6.12. The van der Waals surface area contributed by atoms with E-state index in [4.69, 9.17) is 0 Å². The van der Waals surface area contributed by atoms with E-state index in [2.05, 4.69) is 5.32 Å². The fraction of sp³-hybridized carbons (Fsp3) is 0.600. The molecular formula is C15H19F4N. The molecule has 112 valence electrons. The molecule has 20 heavy (non-hydrogen) atoms. The van der Waals surface area contributed by atoms with E-state index >= 15 is 0 Å². The Morgan fingerprint density at radius 3 is 2.35 bits per heavy atom. The molecule has 0 bridgehead atoms. The molecule has 5 heteroatoms. The molecular weight excluding hydrogens is 270 g/mol. The molecule has 2 rings (SSSR count). The average Bonchev–Trinajstić information content (AvgIpc) is 2.38. The molecule has 1 aromatic carbocycles. The van der Waals surface area contributed by atoms with Crippen LogP contribution in [0.4, 0.5) is 17.6 Å². The number of halogens is 4. The lowest BCUT2D eigenvalue weighted by Crippen LogP contribution is -2.38. The van der Waals surface area contributed by atoms with Crippen molar-refractivity contribution in [1.29, 1.82) is 0 Å². The van der Waals surface area contributed by atoms with E-state index in [1.807, 2.05) is 13.0 Å². The van der Waals surface area contributed by atoms with Crippen LogP contribution >= 0.6 is 0 Å². The number of benzene rings is 1. The fourth-order valence-corrected chi connectivity index (χ4v) is 2.81. The third-order valence-corrected chi connectivity index (χ3v) is 4.02. The topological polar surface area (TPSA) is 12.0 Å². The Balaban J connectivity index is 1.86. The minimum atomic E-state index is -4.07. The summed E-state index contributed by atoms with van der Waals surface area (Å²) < 4.78 is 50.9. The van der Waals surface area contributed by atoms with Gasteiger partial charge < -0.3 is 5.32 Å². The summed E-state index contributed by atoms with van der Waals surface area (Å²) in [7, 11) is 0. The van der Waals surface area contributed by atoms with E-state index in [-0.39, 0.29) is 30.7 Å². The van der Waals surface area contributed by atoms with Crippen molar-refractivity contribution in [3.8, 4) is 0 Å². The predicted molar refractivity (Wildman–Crippen MR) is 69.8 cm³/mol. The maximum atomic E-state index is 13.1. The number of hydrogen-bond acceptors (Lipinski definition) is 1. The van der Waals surface area contributed by atoms with Gasteiger partial charge in [0.25, 0.3) is 0 Å². The second-order valence-corrected chi connectivity index (χ2v) is 5.53. The first-order valence-electron chi connectivity index (χ1n) is 6.94. The minimum absolute atomic E-state index is 0.0573. The van der Waals surface area contributed by atoms with Gasteiger partial charge in [-0.2, -0.15) is 13.2 Å². The molecule has 1 aliphatic rings. The van der Waals surface area contributed by atoms with Gasteiger partial charge in [0.2, 0.25) is 0 Å². The van der Waals surface area contributed by atoms with Crippen LogP contribution in [0.25, 0.3) is 0 Å². The Bertz CT molecular complexity index is 436. The van der Waals surface area contributed by atoms with Crippen molar-refractivity contribution in [3.63, 3.8) is 0 Å². The highest BCUT2D eigenvalue weighted by atomic mass is 19.4. The fourth-order valence-electron chi connectivity index (χ4n) is 2.81. The molecule has 1 atom stereocenters. The van der Waals surface area contributed by atoms with E-state index < -0.39 is 12.1 Å². The van der Waals surface area contributed by atoms with Gasteiger partial charge >= 0.3 is 6.18 Å². The zero-order valence-corrected chi connectivity index (χ0v) is 11.4. The zero-order valence-electron chi connectivity index (χ0n) is 11.4. The highest BCUT2D eigenvalue weighted by molar-refractivity contribution is 5.19. The van der Waals surface area contributed by atoms with Crippen LogP contribution in [0.1, 0.15) is 44.2 Å². The summed E-state index contributed by atoms with van der Waals surface area (Å²) in [6.07, 6.45) is -2.68. The van der Waals surface area contributed by atoms with Crippen LogP contribution in [-0.4, -0.2) is 12.2 Å². The van der Waals surface area contributed by atoms with Gasteiger partial charge in [-0.25, -0.2) is 4.39 Å². The van der Waals surface area contributed by atoms with Gasteiger partial charge in [-0.3, -0.25) is 0 Å². The van der Waals surface area contributed by atoms with Crippen LogP contribution in [-0.2, 0) is 0 Å². The molecule has 1 N–H and O–H groups in total. The van der Waals surface area contributed by atoms with Gasteiger partial charge in [0.1, 0.15) is 5.82 Å². The lowest BCUT2D eigenvalue weighted by molar-refractivity contribution is -0.182. The van der Waals surface area contributed by atoms with Crippen molar-refractivity contribution in [1.82, 2.24) is 5.32 Å². The van der Waals surface area contributed by atoms with Crippen LogP contribution in [0.2, 0.25) is 0 Å². The Morgan fingerprint density at radius 1 is 1.15 bits per heavy atom. The SMILES string of the molecule is CC(NC1CCC(C(F)(F)F)CC1)c1cccc(F)c1. The molecule has 0 spiro atoms. The summed E-state index contributed by atoms with van der Waals surface area (Å²) in [5, 5.41) is 3.30. The molecule has 1 unspecified atom stereocenters. The summed E-state index contributed by atoms with van der Waals surface area (Å²) in [4.78, 5) is 0. The lowest BCUT2D eigenvalue weighted by Gasteiger charge is -2.32. The third-order valence-electron chi connectivity index (χ3n) is 4.02. The van der Waals surface area contributed by atoms with Gasteiger partial charge in [0.05, 0.1) is 5.92 Å². The molecule has 1 fully saturated rings. The Hall–Kier alpha value is -1.10. The van der Waals surface area contributed by atoms with E-state index in [1.54, 1.807) is 6.07 Å². The van der Waals surface area contributed by atoms with Gasteiger partial charge in [0.15, 0.2) is 0 Å². The van der Waals surface area contributed by atoms with Crippen LogP contribution in [0.5, 0.6) is 0 Å². The van der Waals surface area contributed by atoms with Crippen molar-refractivity contribution < 1.29 is 17.6 Å². The van der Waals surface area contributed by atoms with Crippen molar-refractivity contribution in [3.05, 3.63) is 35.6 Å². The molecule has 0 aromatic heterocycles. The highest BCUT2D eigenvalue weighted by Gasteiger charge is 2.41. The summed E-state index contributed by atoms with van der Waals surface area (Å²) in [6, 6.07) is 6.32. The highest BCUT2D eigenvalue weighted by Crippen LogP contribution is 2.37. The van der Waals surface area contributed by atoms with E-state index in [1.165, 1.54) is 12.1 Å². The summed E-state index contributed by atoms with van der Waals surface area (Å²) in [6.45, 7) is 1.91. The molecule has 0 amide bonds. The monoisotopic (exact) mass is 289 g/mol. The molecule has 1 saturated carbocycles. The van der Waals surface area contributed by atoms with Crippen molar-refractivity contribution >= 4 is 0 Å². The third kappa shape index (κ3) is 3.95. The van der Waals surface area contributed by atoms with Crippen molar-refractivity contribution in [2.45, 2.75) is 50.9 Å². The minimum Gasteiger partial charge on any atom is -0.307 e. The number of nitrogens with one attached hydrogen (secondary N) is 1. The van der Waals surface area contributed by atoms with Crippen LogP contribution in [0.3, 0.4) is 0 Å². The molecule has 0 aliphatic heterocycles. The molecule has 1 nitrogen and oxygen atoms in total. The molecule has 0 heterocycles. The Morgan fingerprint density at radius 2 is 1.80 bits per heavy atom. The van der Waals surface area contributed by atoms with Gasteiger partial charge in [0, 0.05) is 12.1 Å². The smallest absolute Gasteiger partial charge is 0.307 e. The van der Waals surface area contributed by atoms with E-state index in [9.17, 15) is 17.6 Å². The standard InChI is InChI=1S/C15H19F4N/c1-10(11-3-2-4-13(16)9-11)20-14-7-5-12(6-8-14)15(17,18)19/h2-4,9-10,12,14,20H,5-8H2,1H3. The predicted octanol–water partition coefficient (Wildman–Crippen LogP) is 4.60. The number of alkyl halides is 3. The normalized spacial score (nSPS) is 25.4. The van der Waals surface area contributed by atoms with Crippen molar-refractivity contribution in [2.24, 2.45) is 5.92 Å². The largest absolute Gasteiger partial charge is 0.391 e. The summed E-state index contributed by atoms with van der Waals surface area (Å²) >= 11 is 0. The quantitative estimate of drug-likeness (QED) is 0.802. The van der Waals surface area contributed by atoms with Crippen LogP contribution in [0.15, 0.2) is 24.3 Å². The average molecular weight is 289 g/mol. The van der Waals surface area contributed by atoms with E-state index in [0.29, 0.717) is 12.8 Å². The first kappa shape index (κ1) is 15.3. The lowest BCUT2D eigenvalue weighted by atomic mass is 9.85. The Kier molecular flexibility index (Phi) is 4.68. The second-order valence-electron chi connectivity index (χ2n) is 5.53. The molecule has 1 aliphatic carbocycles. The first-order chi connectivity index (χ1) is 9.36. The zero-order chi connectivity index (χ0) is 14.8. The number of rotatable bonds is 3. The Labute approximate surface area is 116 Å². The molecule has 0 radical (unpaired) electrons. The van der Waals surface area contributed by atoms with Crippen LogP contribution in [0, 0.1) is 11.7 Å². The van der Waals surface area contributed by atoms with Crippen LogP contribution < -0.4 is 5.32 Å². The van der Waals surface area contributed by atoms with Gasteiger partial charge in [-0.05, 0) is 50.3 Å². The molecule has 1 aromatic rings. The maximum Gasteiger partial charge on any atom is 0.391 e. The molecule has 0 saturated heterocycles. The van der Waals surface area contributed by atoms with E-state index in [0.717, 1.165) is 5.56 Å². The summed E-state index contributed by atoms with van der Waals surface area (Å²) in [5.74, 6) is -1.46. The van der Waals surface area contributed by atoms with Crippen molar-refractivity contribution in [2.75, 3.05) is 0 Å². The van der Waals surface area contributed by atoms with Gasteiger partial charge in [-0.15, -0.1) is 0 Å². The number of hydrogen-bond donors (Lipinski definition) is 1. The van der Waals surface area contributed by atoms with Gasteiger partial charge in [-0.1, -0.05) is 12.1 Å². The maximum absolute atomic E-state index is 13.1. The summed E-state index contributed by atoms with van der Waals surface area (Å²) in [5.41, 5.74) is 0.822.